The molecule has 0 radical (unpaired) electrons. The molecule has 0 aliphatic rings. The second-order valence-corrected chi connectivity index (χ2v) is 4.81. The molecule has 17 heavy (non-hydrogen) atoms. The van der Waals surface area contributed by atoms with Crippen molar-refractivity contribution < 1.29 is 4.39 Å². The first-order chi connectivity index (χ1) is 8.02. The largest absolute Gasteiger partial charge is 0.354 e. The second kappa shape index (κ2) is 6.59. The van der Waals surface area contributed by atoms with E-state index in [-0.39, 0.29) is 5.82 Å². The highest BCUT2D eigenvalue weighted by atomic mass is 79.9. The molecule has 1 aromatic rings. The number of aliphatic imine (C=N–C) groups is 1. The van der Waals surface area contributed by atoms with Crippen LogP contribution in [0.15, 0.2) is 27.7 Å². The summed E-state index contributed by atoms with van der Waals surface area (Å²) < 4.78 is 14.0. The van der Waals surface area contributed by atoms with Gasteiger partial charge in [0, 0.05) is 24.1 Å². The molecule has 0 amide bonds. The Balaban J connectivity index is 2.63. The third-order valence-corrected chi connectivity index (χ3v) is 2.88. The summed E-state index contributed by atoms with van der Waals surface area (Å²) in [5, 5.41) is 6.29. The lowest BCUT2D eigenvalue weighted by Gasteiger charge is -2.15. The van der Waals surface area contributed by atoms with Crippen LogP contribution in [0.5, 0.6) is 0 Å². The summed E-state index contributed by atoms with van der Waals surface area (Å²) in [4.78, 5) is 4.08. The van der Waals surface area contributed by atoms with E-state index >= 15 is 0 Å². The van der Waals surface area contributed by atoms with Crippen LogP contribution >= 0.6 is 15.9 Å². The van der Waals surface area contributed by atoms with E-state index in [1.807, 2.05) is 13.8 Å². The van der Waals surface area contributed by atoms with E-state index in [1.165, 1.54) is 12.1 Å². The topological polar surface area (TPSA) is 36.4 Å². The maximum Gasteiger partial charge on any atom is 0.191 e. The van der Waals surface area contributed by atoms with E-state index in [0.29, 0.717) is 18.5 Å². The molecule has 0 aliphatic heterocycles. The highest BCUT2D eigenvalue weighted by molar-refractivity contribution is 9.10. The van der Waals surface area contributed by atoms with E-state index in [1.54, 1.807) is 13.1 Å². The Hall–Kier alpha value is -1.10. The van der Waals surface area contributed by atoms with Crippen LogP contribution in [0, 0.1) is 5.82 Å². The third kappa shape index (κ3) is 4.73. The van der Waals surface area contributed by atoms with Crippen molar-refractivity contribution in [3.63, 3.8) is 0 Å². The van der Waals surface area contributed by atoms with Gasteiger partial charge in [0.15, 0.2) is 5.96 Å². The van der Waals surface area contributed by atoms with Crippen molar-refractivity contribution in [2.75, 3.05) is 7.05 Å². The Kier molecular flexibility index (Phi) is 5.41. The molecule has 0 heterocycles. The average molecular weight is 302 g/mol. The van der Waals surface area contributed by atoms with Crippen molar-refractivity contribution in [1.29, 1.82) is 0 Å². The predicted octanol–water partition coefficient (Wildman–Crippen LogP) is 2.66. The smallest absolute Gasteiger partial charge is 0.191 e. The Morgan fingerprint density at radius 1 is 1.47 bits per heavy atom. The quantitative estimate of drug-likeness (QED) is 0.665. The van der Waals surface area contributed by atoms with Crippen LogP contribution in [0.3, 0.4) is 0 Å². The van der Waals surface area contributed by atoms with Crippen molar-refractivity contribution in [3.05, 3.63) is 34.1 Å². The van der Waals surface area contributed by atoms with E-state index < -0.39 is 0 Å². The first kappa shape index (κ1) is 14.0. The zero-order chi connectivity index (χ0) is 12.8. The van der Waals surface area contributed by atoms with Gasteiger partial charge in [0.1, 0.15) is 5.82 Å². The van der Waals surface area contributed by atoms with Crippen molar-refractivity contribution in [2.24, 2.45) is 4.99 Å². The van der Waals surface area contributed by atoms with Gasteiger partial charge in [-0.1, -0.05) is 15.9 Å². The summed E-state index contributed by atoms with van der Waals surface area (Å²) in [5.74, 6) is 0.466. The van der Waals surface area contributed by atoms with Crippen LogP contribution < -0.4 is 10.6 Å². The summed E-state index contributed by atoms with van der Waals surface area (Å²) in [6.45, 7) is 4.58. The monoisotopic (exact) mass is 301 g/mol. The van der Waals surface area contributed by atoms with E-state index in [0.717, 1.165) is 10.0 Å². The van der Waals surface area contributed by atoms with Crippen molar-refractivity contribution in [3.8, 4) is 0 Å². The minimum atomic E-state index is -0.239. The molecule has 0 aliphatic carbocycles. The van der Waals surface area contributed by atoms with Crippen molar-refractivity contribution in [2.45, 2.75) is 26.4 Å². The van der Waals surface area contributed by atoms with Crippen molar-refractivity contribution in [1.82, 2.24) is 10.6 Å². The number of hydrogen-bond donors (Lipinski definition) is 2. The Morgan fingerprint density at radius 2 is 2.18 bits per heavy atom. The van der Waals surface area contributed by atoms with Gasteiger partial charge in [-0.3, -0.25) is 4.99 Å². The predicted molar refractivity (Wildman–Crippen MR) is 72.6 cm³/mol. The first-order valence-corrected chi connectivity index (χ1v) is 6.23. The maximum absolute atomic E-state index is 13.1. The molecule has 0 aromatic heterocycles. The van der Waals surface area contributed by atoms with Crippen LogP contribution in [-0.2, 0) is 6.54 Å². The highest BCUT2D eigenvalue weighted by Gasteiger charge is 2.04. The lowest BCUT2D eigenvalue weighted by atomic mass is 10.2. The highest BCUT2D eigenvalue weighted by Crippen LogP contribution is 2.17. The molecular weight excluding hydrogens is 285 g/mol. The number of nitrogens with zero attached hydrogens (tertiary/aromatic N) is 1. The summed E-state index contributed by atoms with van der Waals surface area (Å²) >= 11 is 3.39. The molecule has 1 aromatic carbocycles. The molecule has 0 unspecified atom stereocenters. The molecule has 0 saturated carbocycles. The molecule has 0 atom stereocenters. The Bertz CT molecular complexity index is 405. The summed E-state index contributed by atoms with van der Waals surface area (Å²) in [5.41, 5.74) is 0.858. The SMILES string of the molecule is CN=C(NCc1cc(F)ccc1Br)NC(C)C. The Labute approximate surface area is 110 Å². The van der Waals surface area contributed by atoms with Crippen molar-refractivity contribution >= 4 is 21.9 Å². The average Bonchev–Trinajstić information content (AvgIpc) is 2.28. The zero-order valence-electron chi connectivity index (χ0n) is 10.2. The van der Waals surface area contributed by atoms with E-state index in [9.17, 15) is 4.39 Å². The number of benzene rings is 1. The third-order valence-electron chi connectivity index (χ3n) is 2.10. The number of nitrogens with one attached hydrogen (secondary N) is 2. The lowest BCUT2D eigenvalue weighted by Crippen LogP contribution is -2.40. The Morgan fingerprint density at radius 3 is 2.76 bits per heavy atom. The molecule has 5 heteroatoms. The molecule has 3 nitrogen and oxygen atoms in total. The fourth-order valence-corrected chi connectivity index (χ4v) is 1.71. The van der Waals surface area contributed by atoms with Crippen LogP contribution in [0.25, 0.3) is 0 Å². The standard InChI is InChI=1S/C12H17BrFN3/c1-8(2)17-12(15-3)16-7-9-6-10(14)4-5-11(9)13/h4-6,8H,7H2,1-3H3,(H2,15,16,17). The van der Waals surface area contributed by atoms with E-state index in [4.69, 9.17) is 0 Å². The summed E-state index contributed by atoms with van der Waals surface area (Å²) in [7, 11) is 1.71. The molecule has 2 N–H and O–H groups in total. The molecule has 0 spiro atoms. The van der Waals surface area contributed by atoms with E-state index in [2.05, 4.69) is 31.6 Å². The number of halogens is 2. The summed E-state index contributed by atoms with van der Waals surface area (Å²) in [6.07, 6.45) is 0. The van der Waals surface area contributed by atoms with Crippen LogP contribution in [0.1, 0.15) is 19.4 Å². The van der Waals surface area contributed by atoms with Gasteiger partial charge in [0.05, 0.1) is 0 Å². The van der Waals surface area contributed by atoms with Crippen LogP contribution in [-0.4, -0.2) is 19.0 Å². The second-order valence-electron chi connectivity index (χ2n) is 3.96. The van der Waals surface area contributed by atoms with Gasteiger partial charge in [0.2, 0.25) is 0 Å². The van der Waals surface area contributed by atoms with Gasteiger partial charge in [-0.2, -0.15) is 0 Å². The maximum atomic E-state index is 13.1. The molecule has 0 fully saturated rings. The van der Waals surface area contributed by atoms with Gasteiger partial charge in [-0.25, -0.2) is 4.39 Å². The minimum absolute atomic E-state index is 0.239. The van der Waals surface area contributed by atoms with Gasteiger partial charge >= 0.3 is 0 Å². The number of rotatable bonds is 3. The summed E-state index contributed by atoms with van der Waals surface area (Å²) in [6, 6.07) is 4.93. The molecule has 0 saturated heterocycles. The van der Waals surface area contributed by atoms with Gasteiger partial charge in [-0.15, -0.1) is 0 Å². The fourth-order valence-electron chi connectivity index (χ4n) is 1.33. The lowest BCUT2D eigenvalue weighted by molar-refractivity contribution is 0.623. The van der Waals surface area contributed by atoms with Gasteiger partial charge in [-0.05, 0) is 37.6 Å². The van der Waals surface area contributed by atoms with Gasteiger partial charge < -0.3 is 10.6 Å². The van der Waals surface area contributed by atoms with Crippen LogP contribution in [0.2, 0.25) is 0 Å². The molecule has 1 rings (SSSR count). The van der Waals surface area contributed by atoms with Crippen LogP contribution in [0.4, 0.5) is 4.39 Å². The zero-order valence-corrected chi connectivity index (χ0v) is 11.8. The minimum Gasteiger partial charge on any atom is -0.354 e. The fraction of sp³-hybridized carbons (Fsp3) is 0.417. The van der Waals surface area contributed by atoms with Gasteiger partial charge in [0.25, 0.3) is 0 Å². The first-order valence-electron chi connectivity index (χ1n) is 5.44. The normalized spacial score (nSPS) is 11.8. The molecular formula is C12H17BrFN3. The number of hydrogen-bond acceptors (Lipinski definition) is 1. The number of guanidine groups is 1. The molecule has 0 bridgehead atoms. The molecule has 94 valence electrons.